The number of hydrogen-bond acceptors (Lipinski definition) is 4. The van der Waals surface area contributed by atoms with Gasteiger partial charge >= 0.3 is 0 Å². The summed E-state index contributed by atoms with van der Waals surface area (Å²) < 4.78 is 11.6. The van der Waals surface area contributed by atoms with Crippen LogP contribution < -0.4 is 0 Å². The van der Waals surface area contributed by atoms with Gasteiger partial charge in [-0.15, -0.1) is 0 Å². The summed E-state index contributed by atoms with van der Waals surface area (Å²) in [5, 5.41) is 6.01. The van der Waals surface area contributed by atoms with Crippen molar-refractivity contribution in [1.82, 2.24) is 23.9 Å². The monoisotopic (exact) mass is 745 g/mol. The highest BCUT2D eigenvalue weighted by Crippen LogP contribution is 2.48. The Morgan fingerprint density at radius 3 is 1.84 bits per heavy atom. The highest BCUT2D eigenvalue weighted by molar-refractivity contribution is 6.35. The second-order valence-corrected chi connectivity index (χ2v) is 15.0. The predicted molar refractivity (Wildman–Crippen MR) is 238 cm³/mol. The maximum absolute atomic E-state index is 6.67. The first-order valence-electron chi connectivity index (χ1n) is 19.9. The molecule has 0 aliphatic carbocycles. The Morgan fingerprint density at radius 1 is 0.534 bits per heavy atom. The number of furan rings is 1. The van der Waals surface area contributed by atoms with E-state index in [0.717, 1.165) is 62.1 Å². The molecule has 5 aromatic heterocycles. The molecular weight excluding hydrogens is 711 g/mol. The molecule has 0 amide bonds. The molecule has 6 nitrogen and oxygen atoms in total. The molecule has 0 fully saturated rings. The highest BCUT2D eigenvalue weighted by atomic mass is 16.3. The minimum atomic E-state index is 0.614. The molecule has 0 radical (unpaired) electrons. The molecule has 6 heteroatoms. The van der Waals surface area contributed by atoms with E-state index in [-0.39, 0.29) is 0 Å². The summed E-state index contributed by atoms with van der Waals surface area (Å²) in [6, 6.07) is 53.1. The third-order valence-corrected chi connectivity index (χ3v) is 11.8. The Labute approximate surface area is 333 Å². The molecule has 0 saturated carbocycles. The van der Waals surface area contributed by atoms with Crippen LogP contribution in [0.15, 0.2) is 162 Å². The SMILES string of the molecule is C/C=C\c1c(CC)n2c3cccc4c3c3c5c(ccc3n4-c3ccc(-c4ccccc4)c(-c4nc(-c6ccccc6)nc(-c6ccccc6)n4)c3)oc3ccc1c2c35. The fourth-order valence-electron chi connectivity index (χ4n) is 9.41. The summed E-state index contributed by atoms with van der Waals surface area (Å²) in [5.74, 6) is 1.87. The van der Waals surface area contributed by atoms with Crippen molar-refractivity contribution in [3.05, 3.63) is 169 Å². The van der Waals surface area contributed by atoms with Crippen molar-refractivity contribution in [2.45, 2.75) is 20.3 Å². The fourth-order valence-corrected chi connectivity index (χ4v) is 9.41. The summed E-state index contributed by atoms with van der Waals surface area (Å²) in [7, 11) is 0. The molecule has 274 valence electrons. The molecule has 12 aromatic rings. The van der Waals surface area contributed by atoms with Gasteiger partial charge in [-0.1, -0.05) is 122 Å². The van der Waals surface area contributed by atoms with Crippen LogP contribution in [0.25, 0.3) is 117 Å². The maximum atomic E-state index is 6.67. The third kappa shape index (κ3) is 4.57. The predicted octanol–water partition coefficient (Wildman–Crippen LogP) is 13.4. The van der Waals surface area contributed by atoms with Crippen molar-refractivity contribution in [3.8, 4) is 51.0 Å². The molecule has 0 N–H and O–H groups in total. The summed E-state index contributed by atoms with van der Waals surface area (Å²) in [6.07, 6.45) is 5.30. The molecule has 0 aliphatic heterocycles. The number of nitrogens with zero attached hydrogens (tertiary/aromatic N) is 5. The fraction of sp³-hybridized carbons (Fsp3) is 0.0577. The standard InChI is InChI=1S/C52H35N5O/c1-3-15-36-37-26-28-44-48-47-43(58-44)29-27-42-46(47)45-40(22-14-23-41(45)57(49(37)48)39(36)4-2)56(42)34-24-25-35(31-16-8-5-9-17-31)38(30-34)52-54-50(32-18-10-6-11-19-32)53-51(55-52)33-20-12-7-13-21-33/h3,5-30H,4H2,1-2H3/b15-3-. The number of aromatic nitrogens is 5. The zero-order valence-electron chi connectivity index (χ0n) is 31.9. The van der Waals surface area contributed by atoms with Gasteiger partial charge in [0.15, 0.2) is 17.5 Å². The molecule has 0 atom stereocenters. The largest absolute Gasteiger partial charge is 0.456 e. The van der Waals surface area contributed by atoms with Gasteiger partial charge in [0, 0.05) is 55.2 Å². The van der Waals surface area contributed by atoms with Gasteiger partial charge in [0.05, 0.1) is 27.5 Å². The smallest absolute Gasteiger partial charge is 0.164 e. The van der Waals surface area contributed by atoms with E-state index in [1.807, 2.05) is 36.4 Å². The van der Waals surface area contributed by atoms with Crippen molar-refractivity contribution in [1.29, 1.82) is 0 Å². The lowest BCUT2D eigenvalue weighted by atomic mass is 9.98. The summed E-state index contributed by atoms with van der Waals surface area (Å²) in [4.78, 5) is 15.5. The van der Waals surface area contributed by atoms with Gasteiger partial charge < -0.3 is 13.4 Å². The van der Waals surface area contributed by atoms with E-state index in [2.05, 4.69) is 150 Å². The van der Waals surface area contributed by atoms with Crippen molar-refractivity contribution < 1.29 is 4.42 Å². The van der Waals surface area contributed by atoms with Crippen molar-refractivity contribution in [2.24, 2.45) is 0 Å². The van der Waals surface area contributed by atoms with Gasteiger partial charge in [-0.05, 0) is 73.0 Å². The van der Waals surface area contributed by atoms with Gasteiger partial charge in [0.2, 0.25) is 0 Å². The molecule has 5 heterocycles. The minimum absolute atomic E-state index is 0.614. The summed E-state index contributed by atoms with van der Waals surface area (Å²) >= 11 is 0. The minimum Gasteiger partial charge on any atom is -0.456 e. The van der Waals surface area contributed by atoms with Crippen molar-refractivity contribution in [2.75, 3.05) is 0 Å². The lowest BCUT2D eigenvalue weighted by Gasteiger charge is -2.15. The lowest BCUT2D eigenvalue weighted by Crippen LogP contribution is -2.02. The normalized spacial score (nSPS) is 12.3. The zero-order valence-corrected chi connectivity index (χ0v) is 31.9. The maximum Gasteiger partial charge on any atom is 0.164 e. The van der Waals surface area contributed by atoms with Gasteiger partial charge in [-0.3, -0.25) is 0 Å². The first kappa shape index (κ1) is 32.7. The third-order valence-electron chi connectivity index (χ3n) is 11.8. The molecule has 12 rings (SSSR count). The van der Waals surface area contributed by atoms with Crippen LogP contribution in [0.2, 0.25) is 0 Å². The average molecular weight is 746 g/mol. The second-order valence-electron chi connectivity index (χ2n) is 15.0. The lowest BCUT2D eigenvalue weighted by molar-refractivity contribution is 0.669. The Balaban J connectivity index is 1.20. The Kier molecular flexibility index (Phi) is 7.02. The van der Waals surface area contributed by atoms with Gasteiger partial charge in [-0.25, -0.2) is 15.0 Å². The Hall–Kier alpha value is -7.57. The number of rotatable bonds is 7. The Bertz CT molecular complexity index is 3480. The molecular formula is C52H35N5O. The number of fused-ring (bicyclic) bond motifs is 1. The molecule has 0 spiro atoms. The van der Waals surface area contributed by atoms with E-state index in [1.165, 1.54) is 49.2 Å². The number of aryl methyl sites for hydroxylation is 1. The molecule has 0 bridgehead atoms. The second kappa shape index (κ2) is 12.5. The van der Waals surface area contributed by atoms with E-state index in [4.69, 9.17) is 19.4 Å². The first-order valence-corrected chi connectivity index (χ1v) is 19.9. The number of benzene rings is 7. The van der Waals surface area contributed by atoms with Gasteiger partial charge in [-0.2, -0.15) is 0 Å². The van der Waals surface area contributed by atoms with Crippen LogP contribution >= 0.6 is 0 Å². The zero-order chi connectivity index (χ0) is 38.5. The van der Waals surface area contributed by atoms with Crippen molar-refractivity contribution in [3.63, 3.8) is 0 Å². The van der Waals surface area contributed by atoms with Crippen LogP contribution in [0.1, 0.15) is 25.1 Å². The average Bonchev–Trinajstić information content (AvgIpc) is 3.91. The molecule has 0 aliphatic rings. The van der Waals surface area contributed by atoms with E-state index in [9.17, 15) is 0 Å². The Morgan fingerprint density at radius 2 is 1.16 bits per heavy atom. The molecule has 58 heavy (non-hydrogen) atoms. The van der Waals surface area contributed by atoms with Crippen LogP contribution in [-0.2, 0) is 6.42 Å². The van der Waals surface area contributed by atoms with Crippen LogP contribution in [-0.4, -0.2) is 23.9 Å². The van der Waals surface area contributed by atoms with Gasteiger partial charge in [0.1, 0.15) is 11.2 Å². The van der Waals surface area contributed by atoms with Crippen LogP contribution in [0, 0.1) is 0 Å². The highest BCUT2D eigenvalue weighted by Gasteiger charge is 2.27. The first-order chi connectivity index (χ1) is 28.7. The molecule has 0 saturated heterocycles. The number of allylic oxidation sites excluding steroid dienone is 1. The van der Waals surface area contributed by atoms with Crippen molar-refractivity contribution >= 4 is 66.2 Å². The van der Waals surface area contributed by atoms with E-state index in [1.54, 1.807) is 0 Å². The summed E-state index contributed by atoms with van der Waals surface area (Å²) in [6.45, 7) is 4.36. The quantitative estimate of drug-likeness (QED) is 0.163. The van der Waals surface area contributed by atoms with E-state index >= 15 is 0 Å². The summed E-state index contributed by atoms with van der Waals surface area (Å²) in [5.41, 5.74) is 15.0. The molecule has 0 unspecified atom stereocenters. The van der Waals surface area contributed by atoms with Gasteiger partial charge in [0.25, 0.3) is 0 Å². The van der Waals surface area contributed by atoms with Crippen LogP contribution in [0.4, 0.5) is 0 Å². The van der Waals surface area contributed by atoms with Crippen LogP contribution in [0.5, 0.6) is 0 Å². The molecule has 7 aromatic carbocycles. The topological polar surface area (TPSA) is 61.2 Å². The van der Waals surface area contributed by atoms with E-state index < -0.39 is 0 Å². The van der Waals surface area contributed by atoms with E-state index in [0.29, 0.717) is 17.5 Å². The van der Waals surface area contributed by atoms with Crippen LogP contribution in [0.3, 0.4) is 0 Å². The number of hydrogen-bond donors (Lipinski definition) is 0.